The summed E-state index contributed by atoms with van der Waals surface area (Å²) in [5.74, 6) is 1.07. The summed E-state index contributed by atoms with van der Waals surface area (Å²) < 4.78 is 2.31. The monoisotopic (exact) mass is 392 g/mol. The average molecular weight is 394 g/mol. The van der Waals surface area contributed by atoms with Gasteiger partial charge in [-0.1, -0.05) is 70.8 Å². The van der Waals surface area contributed by atoms with Crippen molar-refractivity contribution in [1.29, 1.82) is 0 Å². The lowest BCUT2D eigenvalue weighted by Gasteiger charge is -2.28. The number of fused-ring (bicyclic) bond motifs is 1. The summed E-state index contributed by atoms with van der Waals surface area (Å²) in [6.45, 7) is 7.10. The summed E-state index contributed by atoms with van der Waals surface area (Å²) >= 11 is 7.15. The third-order valence-electron chi connectivity index (χ3n) is 4.91. The van der Waals surface area contributed by atoms with Crippen LogP contribution in [-0.2, 0) is 5.41 Å². The van der Waals surface area contributed by atoms with Crippen LogP contribution in [0.2, 0.25) is 0 Å². The molecule has 0 aliphatic heterocycles. The van der Waals surface area contributed by atoms with Gasteiger partial charge in [0.25, 0.3) is 0 Å². The SMILES string of the molecule is CC1C(c2ccc(Br)cc2)c2cc(Br)ccc2C1(C)C. The van der Waals surface area contributed by atoms with E-state index in [0.717, 1.165) is 4.47 Å². The highest BCUT2D eigenvalue weighted by Crippen LogP contribution is 2.53. The lowest BCUT2D eigenvalue weighted by molar-refractivity contribution is 0.352. The molecule has 0 spiro atoms. The molecular weight excluding hydrogens is 376 g/mol. The van der Waals surface area contributed by atoms with Crippen LogP contribution in [0.1, 0.15) is 43.4 Å². The van der Waals surface area contributed by atoms with Gasteiger partial charge in [0.2, 0.25) is 0 Å². The quantitative estimate of drug-likeness (QED) is 0.535. The van der Waals surface area contributed by atoms with E-state index in [2.05, 4.69) is 95.1 Å². The topological polar surface area (TPSA) is 0 Å². The maximum atomic E-state index is 3.63. The summed E-state index contributed by atoms with van der Waals surface area (Å²) in [4.78, 5) is 0. The van der Waals surface area contributed by atoms with E-state index in [4.69, 9.17) is 0 Å². The maximum absolute atomic E-state index is 3.63. The van der Waals surface area contributed by atoms with Crippen LogP contribution in [0.15, 0.2) is 51.4 Å². The molecule has 0 saturated carbocycles. The van der Waals surface area contributed by atoms with Gasteiger partial charge in [-0.3, -0.25) is 0 Å². The van der Waals surface area contributed by atoms with Gasteiger partial charge in [-0.15, -0.1) is 0 Å². The molecule has 1 aliphatic rings. The number of halogens is 2. The number of hydrogen-bond donors (Lipinski definition) is 0. The summed E-state index contributed by atoms with van der Waals surface area (Å²) in [6.07, 6.45) is 0. The van der Waals surface area contributed by atoms with E-state index in [-0.39, 0.29) is 5.41 Å². The van der Waals surface area contributed by atoms with Gasteiger partial charge in [-0.2, -0.15) is 0 Å². The first-order valence-electron chi connectivity index (χ1n) is 6.96. The lowest BCUT2D eigenvalue weighted by atomic mass is 9.75. The van der Waals surface area contributed by atoms with E-state index in [9.17, 15) is 0 Å². The van der Waals surface area contributed by atoms with Gasteiger partial charge in [0.1, 0.15) is 0 Å². The summed E-state index contributed by atoms with van der Waals surface area (Å²) in [5.41, 5.74) is 4.58. The zero-order valence-electron chi connectivity index (χ0n) is 12.0. The molecule has 0 nitrogen and oxygen atoms in total. The van der Waals surface area contributed by atoms with E-state index < -0.39 is 0 Å². The first-order valence-corrected chi connectivity index (χ1v) is 8.55. The molecule has 20 heavy (non-hydrogen) atoms. The predicted octanol–water partition coefficient (Wildman–Crippen LogP) is 6.27. The Balaban J connectivity index is 2.17. The minimum absolute atomic E-state index is 0.216. The molecule has 0 aromatic heterocycles. The molecule has 2 aromatic rings. The number of hydrogen-bond acceptors (Lipinski definition) is 0. The molecule has 2 aromatic carbocycles. The molecule has 0 heterocycles. The fourth-order valence-electron chi connectivity index (χ4n) is 3.45. The van der Waals surface area contributed by atoms with Gasteiger partial charge in [0, 0.05) is 14.9 Å². The van der Waals surface area contributed by atoms with Crippen LogP contribution in [0.5, 0.6) is 0 Å². The van der Waals surface area contributed by atoms with Crippen molar-refractivity contribution in [2.24, 2.45) is 5.92 Å². The number of benzene rings is 2. The maximum Gasteiger partial charge on any atom is 0.0178 e. The minimum Gasteiger partial charge on any atom is -0.0608 e. The van der Waals surface area contributed by atoms with Crippen molar-refractivity contribution in [1.82, 2.24) is 0 Å². The Morgan fingerprint density at radius 2 is 1.50 bits per heavy atom. The Labute approximate surface area is 137 Å². The van der Waals surface area contributed by atoms with Crippen molar-refractivity contribution in [3.8, 4) is 0 Å². The molecular formula is C18H18Br2. The summed E-state index contributed by atoms with van der Waals surface area (Å²) in [5, 5.41) is 0. The van der Waals surface area contributed by atoms with Crippen molar-refractivity contribution in [2.45, 2.75) is 32.1 Å². The summed E-state index contributed by atoms with van der Waals surface area (Å²) in [7, 11) is 0. The van der Waals surface area contributed by atoms with Gasteiger partial charge >= 0.3 is 0 Å². The Morgan fingerprint density at radius 3 is 2.15 bits per heavy atom. The Morgan fingerprint density at radius 1 is 0.900 bits per heavy atom. The van der Waals surface area contributed by atoms with Crippen molar-refractivity contribution in [3.63, 3.8) is 0 Å². The molecule has 2 heteroatoms. The van der Waals surface area contributed by atoms with Crippen molar-refractivity contribution in [3.05, 3.63) is 68.1 Å². The largest absolute Gasteiger partial charge is 0.0608 e. The van der Waals surface area contributed by atoms with Crippen LogP contribution in [-0.4, -0.2) is 0 Å². The molecule has 2 unspecified atom stereocenters. The smallest absolute Gasteiger partial charge is 0.0178 e. The fourth-order valence-corrected chi connectivity index (χ4v) is 4.09. The Hall–Kier alpha value is -0.600. The highest BCUT2D eigenvalue weighted by atomic mass is 79.9. The second kappa shape index (κ2) is 4.99. The van der Waals surface area contributed by atoms with Gasteiger partial charge in [-0.25, -0.2) is 0 Å². The van der Waals surface area contributed by atoms with Crippen LogP contribution in [0, 0.1) is 5.92 Å². The standard InChI is InChI=1S/C18H18Br2/c1-11-17(12-4-6-13(19)7-5-12)15-10-14(20)8-9-16(15)18(11,2)3/h4-11,17H,1-3H3. The molecule has 0 bridgehead atoms. The molecule has 0 N–H and O–H groups in total. The third kappa shape index (κ3) is 2.17. The molecule has 0 fully saturated rings. The average Bonchev–Trinajstić information content (AvgIpc) is 2.59. The zero-order chi connectivity index (χ0) is 14.5. The minimum atomic E-state index is 0.216. The molecule has 3 rings (SSSR count). The predicted molar refractivity (Wildman–Crippen MR) is 92.3 cm³/mol. The van der Waals surface area contributed by atoms with Gasteiger partial charge in [0.15, 0.2) is 0 Å². The van der Waals surface area contributed by atoms with Crippen LogP contribution in [0.3, 0.4) is 0 Å². The highest BCUT2D eigenvalue weighted by Gasteiger charge is 2.43. The second-order valence-corrected chi connectivity index (χ2v) is 8.10. The third-order valence-corrected chi connectivity index (χ3v) is 5.93. The van der Waals surface area contributed by atoms with Gasteiger partial charge < -0.3 is 0 Å². The van der Waals surface area contributed by atoms with Crippen molar-refractivity contribution in [2.75, 3.05) is 0 Å². The number of rotatable bonds is 1. The molecule has 2 atom stereocenters. The normalized spacial score (nSPS) is 23.6. The van der Waals surface area contributed by atoms with Gasteiger partial charge in [-0.05, 0) is 52.3 Å². The second-order valence-electron chi connectivity index (χ2n) is 6.27. The van der Waals surface area contributed by atoms with Crippen LogP contribution in [0.25, 0.3) is 0 Å². The van der Waals surface area contributed by atoms with Crippen LogP contribution < -0.4 is 0 Å². The Kier molecular flexibility index (Phi) is 3.58. The van der Waals surface area contributed by atoms with Crippen LogP contribution >= 0.6 is 31.9 Å². The molecule has 0 radical (unpaired) electrons. The summed E-state index contributed by atoms with van der Waals surface area (Å²) in [6, 6.07) is 15.5. The first kappa shape index (κ1) is 14.3. The van der Waals surface area contributed by atoms with E-state index >= 15 is 0 Å². The molecule has 104 valence electrons. The van der Waals surface area contributed by atoms with E-state index in [1.54, 1.807) is 0 Å². The highest BCUT2D eigenvalue weighted by molar-refractivity contribution is 9.10. The van der Waals surface area contributed by atoms with E-state index in [1.165, 1.54) is 21.2 Å². The van der Waals surface area contributed by atoms with Crippen LogP contribution in [0.4, 0.5) is 0 Å². The molecule has 1 aliphatic carbocycles. The first-order chi connectivity index (χ1) is 9.41. The van der Waals surface area contributed by atoms with Gasteiger partial charge in [0.05, 0.1) is 0 Å². The molecule has 0 amide bonds. The van der Waals surface area contributed by atoms with E-state index in [0.29, 0.717) is 11.8 Å². The zero-order valence-corrected chi connectivity index (χ0v) is 15.1. The molecule has 0 saturated heterocycles. The van der Waals surface area contributed by atoms with E-state index in [1.807, 2.05) is 0 Å². The van der Waals surface area contributed by atoms with Crippen molar-refractivity contribution < 1.29 is 0 Å². The van der Waals surface area contributed by atoms with Crippen molar-refractivity contribution >= 4 is 31.9 Å². The lowest BCUT2D eigenvalue weighted by Crippen LogP contribution is -2.23. The fraction of sp³-hybridized carbons (Fsp3) is 0.333. The Bertz CT molecular complexity index is 641.